The Kier molecular flexibility index (Phi) is 3.52. The number of carbonyl (C=O) groups is 1. The van der Waals surface area contributed by atoms with E-state index in [1.807, 2.05) is 48.6 Å². The highest BCUT2D eigenvalue weighted by Crippen LogP contribution is 2.25. The van der Waals surface area contributed by atoms with Crippen LogP contribution >= 0.6 is 11.8 Å². The summed E-state index contributed by atoms with van der Waals surface area (Å²) in [5, 5.41) is 0. The van der Waals surface area contributed by atoms with Gasteiger partial charge in [0, 0.05) is 10.6 Å². The number of aliphatic imine (C=N–C) groups is 2. The minimum absolute atomic E-state index is 0.146. The number of thioether (sulfide) groups is 1. The Morgan fingerprint density at radius 1 is 1.20 bits per heavy atom. The third-order valence-electron chi connectivity index (χ3n) is 3.04. The summed E-state index contributed by atoms with van der Waals surface area (Å²) in [5.74, 6) is 0.630. The van der Waals surface area contributed by atoms with Crippen LogP contribution in [0.15, 0.2) is 63.4 Å². The third-order valence-corrected chi connectivity index (χ3v) is 4.12. The second-order valence-electron chi connectivity index (χ2n) is 4.45. The number of benzene rings is 1. The number of anilines is 1. The van der Waals surface area contributed by atoms with Crippen LogP contribution in [0.2, 0.25) is 0 Å². The van der Waals surface area contributed by atoms with Crippen LogP contribution in [0.4, 0.5) is 5.69 Å². The second kappa shape index (κ2) is 5.46. The Bertz CT molecular complexity index is 673. The van der Waals surface area contributed by atoms with Crippen LogP contribution in [-0.2, 0) is 4.79 Å². The van der Waals surface area contributed by atoms with E-state index in [1.165, 1.54) is 11.8 Å². The molecule has 1 atom stereocenters. The lowest BCUT2D eigenvalue weighted by Crippen LogP contribution is -2.27. The minimum Gasteiger partial charge on any atom is -0.398 e. The van der Waals surface area contributed by atoms with Gasteiger partial charge in [0.2, 0.25) is 0 Å². The van der Waals surface area contributed by atoms with Crippen LogP contribution in [0.1, 0.15) is 0 Å². The molecule has 2 aliphatic rings. The summed E-state index contributed by atoms with van der Waals surface area (Å²) in [6.07, 6.45) is 7.41. The maximum atomic E-state index is 11.9. The Hall–Kier alpha value is -2.14. The molecule has 0 radical (unpaired) electrons. The van der Waals surface area contributed by atoms with Gasteiger partial charge in [0.15, 0.2) is 0 Å². The van der Waals surface area contributed by atoms with Crippen molar-refractivity contribution in [2.45, 2.75) is 4.90 Å². The smallest absolute Gasteiger partial charge is 0.260 e. The van der Waals surface area contributed by atoms with Crippen molar-refractivity contribution in [3.8, 4) is 0 Å². The van der Waals surface area contributed by atoms with Crippen LogP contribution in [0, 0.1) is 5.92 Å². The molecular weight excluding hydrogens is 270 g/mol. The number of nitrogens with two attached hydrogens (primary N) is 1. The maximum Gasteiger partial charge on any atom is 0.260 e. The lowest BCUT2D eigenvalue weighted by atomic mass is 9.97. The van der Waals surface area contributed by atoms with Gasteiger partial charge in [-0.3, -0.25) is 4.79 Å². The Balaban J connectivity index is 1.74. The summed E-state index contributed by atoms with van der Waals surface area (Å²) in [6, 6.07) is 7.63. The normalized spacial score (nSPS) is 20.4. The maximum absolute atomic E-state index is 11.9. The number of amides is 1. The van der Waals surface area contributed by atoms with Gasteiger partial charge in [-0.1, -0.05) is 30.4 Å². The van der Waals surface area contributed by atoms with Crippen molar-refractivity contribution >= 4 is 34.9 Å². The van der Waals surface area contributed by atoms with Crippen LogP contribution in [-0.4, -0.2) is 23.2 Å². The van der Waals surface area contributed by atoms with E-state index in [0.29, 0.717) is 11.6 Å². The largest absolute Gasteiger partial charge is 0.398 e. The molecule has 0 spiro atoms. The van der Waals surface area contributed by atoms with Gasteiger partial charge in [0.25, 0.3) is 5.91 Å². The summed E-state index contributed by atoms with van der Waals surface area (Å²) in [5.41, 5.74) is 7.38. The Morgan fingerprint density at radius 3 is 2.90 bits per heavy atom. The number of amidine groups is 1. The molecule has 0 bridgehead atoms. The fraction of sp³-hybridized carbons (Fsp3) is 0.133. The number of para-hydroxylation sites is 1. The van der Waals surface area contributed by atoms with Crippen LogP contribution in [0.3, 0.4) is 0 Å². The van der Waals surface area contributed by atoms with E-state index in [2.05, 4.69) is 9.98 Å². The molecule has 2 N–H and O–H groups in total. The van der Waals surface area contributed by atoms with Crippen molar-refractivity contribution in [2.75, 3.05) is 11.5 Å². The van der Waals surface area contributed by atoms with E-state index in [0.717, 1.165) is 16.3 Å². The monoisotopic (exact) mass is 283 g/mol. The predicted molar refractivity (Wildman–Crippen MR) is 83.2 cm³/mol. The van der Waals surface area contributed by atoms with Gasteiger partial charge in [-0.15, -0.1) is 11.8 Å². The number of carbonyl (C=O) groups excluding carboxylic acids is 1. The predicted octanol–water partition coefficient (Wildman–Crippen LogP) is 2.48. The SMILES string of the molecule is Nc1ccccc1SCC1=NC(=O)C2C=CC=CC2=N1. The molecule has 1 heterocycles. The molecule has 1 aromatic rings. The third kappa shape index (κ3) is 2.58. The van der Waals surface area contributed by atoms with Crippen LogP contribution < -0.4 is 5.73 Å². The Morgan fingerprint density at radius 2 is 2.05 bits per heavy atom. The van der Waals surface area contributed by atoms with Crippen LogP contribution in [0.25, 0.3) is 0 Å². The zero-order chi connectivity index (χ0) is 13.9. The molecule has 0 fully saturated rings. The summed E-state index contributed by atoms with van der Waals surface area (Å²) in [4.78, 5) is 21.4. The van der Waals surface area contributed by atoms with Crippen molar-refractivity contribution < 1.29 is 4.79 Å². The van der Waals surface area contributed by atoms with Crippen molar-refractivity contribution in [2.24, 2.45) is 15.9 Å². The molecule has 0 saturated carbocycles. The van der Waals surface area contributed by atoms with Gasteiger partial charge in [-0.2, -0.15) is 4.99 Å². The lowest BCUT2D eigenvalue weighted by Gasteiger charge is -2.17. The van der Waals surface area contributed by atoms with E-state index in [9.17, 15) is 4.79 Å². The number of nitrogen functional groups attached to an aromatic ring is 1. The molecular formula is C15H13N3OS. The fourth-order valence-electron chi connectivity index (χ4n) is 2.04. The zero-order valence-corrected chi connectivity index (χ0v) is 11.5. The molecule has 1 amide bonds. The first-order valence-corrected chi connectivity index (χ1v) is 7.25. The van der Waals surface area contributed by atoms with E-state index < -0.39 is 0 Å². The van der Waals surface area contributed by atoms with E-state index in [-0.39, 0.29) is 11.8 Å². The molecule has 0 aromatic heterocycles. The molecule has 0 saturated heterocycles. The van der Waals surface area contributed by atoms with Crippen LogP contribution in [0.5, 0.6) is 0 Å². The highest BCUT2D eigenvalue weighted by Gasteiger charge is 2.26. The zero-order valence-electron chi connectivity index (χ0n) is 10.7. The van der Waals surface area contributed by atoms with Gasteiger partial charge in [0.05, 0.1) is 11.5 Å². The highest BCUT2D eigenvalue weighted by molar-refractivity contribution is 8.00. The van der Waals surface area contributed by atoms with Crippen molar-refractivity contribution in [1.29, 1.82) is 0 Å². The van der Waals surface area contributed by atoms with E-state index >= 15 is 0 Å². The summed E-state index contributed by atoms with van der Waals surface area (Å²) < 4.78 is 0. The number of rotatable bonds is 3. The number of hydrogen-bond acceptors (Lipinski definition) is 4. The molecule has 1 aliphatic heterocycles. The highest BCUT2D eigenvalue weighted by atomic mass is 32.2. The molecule has 1 unspecified atom stereocenters. The van der Waals surface area contributed by atoms with E-state index in [4.69, 9.17) is 5.73 Å². The molecule has 20 heavy (non-hydrogen) atoms. The van der Waals surface area contributed by atoms with Crippen molar-refractivity contribution in [3.63, 3.8) is 0 Å². The topological polar surface area (TPSA) is 67.8 Å². The Labute approximate surface area is 121 Å². The number of hydrogen-bond donors (Lipinski definition) is 1. The number of nitrogens with zero attached hydrogens (tertiary/aromatic N) is 2. The number of fused-ring (bicyclic) bond motifs is 1. The average molecular weight is 283 g/mol. The van der Waals surface area contributed by atoms with Crippen molar-refractivity contribution in [3.05, 3.63) is 48.6 Å². The van der Waals surface area contributed by atoms with Crippen molar-refractivity contribution in [1.82, 2.24) is 0 Å². The van der Waals surface area contributed by atoms with Gasteiger partial charge < -0.3 is 5.73 Å². The van der Waals surface area contributed by atoms with E-state index in [1.54, 1.807) is 0 Å². The minimum atomic E-state index is -0.310. The van der Waals surface area contributed by atoms with Gasteiger partial charge in [0.1, 0.15) is 11.8 Å². The standard InChI is InChI=1S/C15H13N3OS/c16-11-6-2-4-8-13(11)20-9-14-17-12-7-3-1-5-10(12)15(19)18-14/h1-8,10H,9,16H2. The van der Waals surface area contributed by atoms with Gasteiger partial charge in [-0.05, 0) is 18.2 Å². The van der Waals surface area contributed by atoms with Gasteiger partial charge >= 0.3 is 0 Å². The summed E-state index contributed by atoms with van der Waals surface area (Å²) in [7, 11) is 0. The number of allylic oxidation sites excluding steroid dienone is 3. The molecule has 3 rings (SSSR count). The summed E-state index contributed by atoms with van der Waals surface area (Å²) >= 11 is 1.54. The first kappa shape index (κ1) is 12.9. The molecule has 1 aliphatic carbocycles. The quantitative estimate of drug-likeness (QED) is 0.684. The first-order valence-electron chi connectivity index (χ1n) is 6.26. The lowest BCUT2D eigenvalue weighted by molar-refractivity contribution is -0.118. The molecule has 100 valence electrons. The fourth-order valence-corrected chi connectivity index (χ4v) is 2.86. The molecule has 5 heteroatoms. The summed E-state index contributed by atoms with van der Waals surface area (Å²) in [6.45, 7) is 0. The average Bonchev–Trinajstić information content (AvgIpc) is 2.46. The first-order chi connectivity index (χ1) is 9.74. The second-order valence-corrected chi connectivity index (χ2v) is 5.47. The van der Waals surface area contributed by atoms with Gasteiger partial charge in [-0.25, -0.2) is 4.99 Å². The molecule has 1 aromatic carbocycles. The molecule has 4 nitrogen and oxygen atoms in total.